The van der Waals surface area contributed by atoms with Crippen LogP contribution in [0.2, 0.25) is 0 Å². The first-order chi connectivity index (χ1) is 10.3. The molecule has 0 saturated heterocycles. The molecule has 8 heteroatoms. The molecule has 0 aliphatic rings. The van der Waals surface area contributed by atoms with E-state index in [4.69, 9.17) is 0 Å². The molecule has 116 valence electrons. The molecule has 0 unspecified atom stereocenters. The van der Waals surface area contributed by atoms with E-state index in [1.54, 1.807) is 0 Å². The van der Waals surface area contributed by atoms with Crippen molar-refractivity contribution in [2.75, 3.05) is 0 Å². The summed E-state index contributed by atoms with van der Waals surface area (Å²) in [4.78, 5) is 22.1. The fourth-order valence-corrected chi connectivity index (χ4v) is 2.27. The molecule has 2 aromatic rings. The van der Waals surface area contributed by atoms with Crippen LogP contribution in [0.5, 0.6) is 0 Å². The molecule has 0 fully saturated rings. The van der Waals surface area contributed by atoms with Gasteiger partial charge in [0.05, 0.1) is 10.5 Å². The summed E-state index contributed by atoms with van der Waals surface area (Å²) in [5.41, 5.74) is 0.257. The van der Waals surface area contributed by atoms with Gasteiger partial charge in [-0.1, -0.05) is 28.1 Å². The van der Waals surface area contributed by atoms with E-state index in [2.05, 4.69) is 26.3 Å². The van der Waals surface area contributed by atoms with E-state index in [0.717, 1.165) is 16.2 Å². The zero-order chi connectivity index (χ0) is 16.3. The maximum absolute atomic E-state index is 12.1. The van der Waals surface area contributed by atoms with Crippen molar-refractivity contribution >= 4 is 27.5 Å². The third-order valence-electron chi connectivity index (χ3n) is 3.15. The maximum Gasteiger partial charge on any atom is 0.307 e. The molecule has 0 bridgehead atoms. The molecule has 1 aromatic carbocycles. The summed E-state index contributed by atoms with van der Waals surface area (Å²) in [7, 11) is 0. The predicted molar refractivity (Wildman–Crippen MR) is 84.2 cm³/mol. The van der Waals surface area contributed by atoms with E-state index in [-0.39, 0.29) is 18.1 Å². The number of nitrogens with one attached hydrogen (secondary N) is 1. The van der Waals surface area contributed by atoms with Crippen LogP contribution in [0.3, 0.4) is 0 Å². The molecule has 0 saturated carbocycles. The van der Waals surface area contributed by atoms with Crippen molar-refractivity contribution in [2.45, 2.75) is 25.9 Å². The Balaban J connectivity index is 2.03. The van der Waals surface area contributed by atoms with Crippen molar-refractivity contribution in [3.63, 3.8) is 0 Å². The summed E-state index contributed by atoms with van der Waals surface area (Å²) in [6.07, 6.45) is 2.35. The first-order valence-corrected chi connectivity index (χ1v) is 7.31. The number of halogens is 1. The molecular formula is C14H15BrN4O3. The summed E-state index contributed by atoms with van der Waals surface area (Å²) < 4.78 is 2.20. The third-order valence-corrected chi connectivity index (χ3v) is 3.68. The molecular weight excluding hydrogens is 352 g/mol. The van der Waals surface area contributed by atoms with Gasteiger partial charge in [-0.3, -0.25) is 19.6 Å². The van der Waals surface area contributed by atoms with Gasteiger partial charge in [0, 0.05) is 4.47 Å². The van der Waals surface area contributed by atoms with Gasteiger partial charge < -0.3 is 5.32 Å². The summed E-state index contributed by atoms with van der Waals surface area (Å²) in [6.45, 7) is 3.70. The van der Waals surface area contributed by atoms with Crippen molar-refractivity contribution in [3.05, 3.63) is 56.8 Å². The van der Waals surface area contributed by atoms with Crippen LogP contribution in [0.1, 0.15) is 19.4 Å². The molecule has 0 aliphatic heterocycles. The second-order valence-electron chi connectivity index (χ2n) is 5.33. The summed E-state index contributed by atoms with van der Waals surface area (Å²) in [5.74, 6) is -0.272. The molecule has 0 atom stereocenters. The van der Waals surface area contributed by atoms with Gasteiger partial charge in [0.15, 0.2) is 0 Å². The van der Waals surface area contributed by atoms with E-state index in [0.29, 0.717) is 0 Å². The fraction of sp³-hybridized carbons (Fsp3) is 0.286. The van der Waals surface area contributed by atoms with Crippen molar-refractivity contribution < 1.29 is 9.72 Å². The van der Waals surface area contributed by atoms with E-state index in [9.17, 15) is 14.9 Å². The Morgan fingerprint density at radius 2 is 2.05 bits per heavy atom. The van der Waals surface area contributed by atoms with Crippen LogP contribution >= 0.6 is 15.9 Å². The Hall–Kier alpha value is -2.22. The molecule has 0 spiro atoms. The molecule has 7 nitrogen and oxygen atoms in total. The summed E-state index contributed by atoms with van der Waals surface area (Å²) in [5, 5.41) is 17.3. The maximum atomic E-state index is 12.1. The highest BCUT2D eigenvalue weighted by Crippen LogP contribution is 2.22. The standard InChI is InChI=1S/C14H15BrN4O3/c1-14(2,10-3-5-11(15)6-4-10)17-13(20)9-18-8-12(7-16-18)19(21)22/h3-8H,9H2,1-2H3,(H,17,20). The smallest absolute Gasteiger partial charge is 0.307 e. The Bertz CT molecular complexity index is 694. The van der Waals surface area contributed by atoms with Crippen molar-refractivity contribution in [3.8, 4) is 0 Å². The van der Waals surface area contributed by atoms with Gasteiger partial charge in [-0.15, -0.1) is 0 Å². The van der Waals surface area contributed by atoms with Crippen LogP contribution in [0.15, 0.2) is 41.1 Å². The number of aromatic nitrogens is 2. The van der Waals surface area contributed by atoms with Crippen molar-refractivity contribution in [2.24, 2.45) is 0 Å². The minimum atomic E-state index is -0.559. The Kier molecular flexibility index (Phi) is 4.60. The van der Waals surface area contributed by atoms with Gasteiger partial charge in [-0.2, -0.15) is 5.10 Å². The van der Waals surface area contributed by atoms with Gasteiger partial charge in [0.1, 0.15) is 18.9 Å². The topological polar surface area (TPSA) is 90.1 Å². The highest BCUT2D eigenvalue weighted by molar-refractivity contribution is 9.10. The lowest BCUT2D eigenvalue weighted by molar-refractivity contribution is -0.385. The lowest BCUT2D eigenvalue weighted by atomic mass is 9.94. The van der Waals surface area contributed by atoms with E-state index in [1.807, 2.05) is 38.1 Å². The van der Waals surface area contributed by atoms with Crippen LogP contribution in [0, 0.1) is 10.1 Å². The van der Waals surface area contributed by atoms with E-state index in [1.165, 1.54) is 10.9 Å². The highest BCUT2D eigenvalue weighted by atomic mass is 79.9. The molecule has 1 heterocycles. The quantitative estimate of drug-likeness (QED) is 0.650. The lowest BCUT2D eigenvalue weighted by Crippen LogP contribution is -2.42. The molecule has 1 N–H and O–H groups in total. The number of carbonyl (C=O) groups is 1. The SMILES string of the molecule is CC(C)(NC(=O)Cn1cc([N+](=O)[O-])cn1)c1ccc(Br)cc1. The molecule has 0 radical (unpaired) electrons. The number of rotatable bonds is 5. The Morgan fingerprint density at radius 1 is 1.41 bits per heavy atom. The van der Waals surface area contributed by atoms with Gasteiger partial charge in [-0.05, 0) is 31.5 Å². The van der Waals surface area contributed by atoms with Gasteiger partial charge >= 0.3 is 5.69 Å². The zero-order valence-electron chi connectivity index (χ0n) is 12.1. The molecule has 1 amide bonds. The van der Waals surface area contributed by atoms with Gasteiger partial charge in [-0.25, -0.2) is 0 Å². The second kappa shape index (κ2) is 6.27. The summed E-state index contributed by atoms with van der Waals surface area (Å²) >= 11 is 3.37. The Morgan fingerprint density at radius 3 is 2.59 bits per heavy atom. The number of benzene rings is 1. The highest BCUT2D eigenvalue weighted by Gasteiger charge is 2.23. The number of hydrogen-bond acceptors (Lipinski definition) is 4. The monoisotopic (exact) mass is 366 g/mol. The third kappa shape index (κ3) is 3.91. The zero-order valence-corrected chi connectivity index (χ0v) is 13.7. The van der Waals surface area contributed by atoms with Crippen LogP contribution in [0.25, 0.3) is 0 Å². The number of carbonyl (C=O) groups excluding carboxylic acids is 1. The largest absolute Gasteiger partial charge is 0.346 e. The predicted octanol–water partition coefficient (Wildman–Crippen LogP) is 2.61. The second-order valence-corrected chi connectivity index (χ2v) is 6.25. The summed E-state index contributed by atoms with van der Waals surface area (Å²) in [6, 6.07) is 7.65. The number of nitrogens with zero attached hydrogens (tertiary/aromatic N) is 3. The number of nitro groups is 1. The lowest BCUT2D eigenvalue weighted by Gasteiger charge is -2.27. The molecule has 0 aliphatic carbocycles. The van der Waals surface area contributed by atoms with Crippen molar-refractivity contribution in [1.29, 1.82) is 0 Å². The molecule has 2 rings (SSSR count). The number of amides is 1. The first kappa shape index (κ1) is 16.2. The fourth-order valence-electron chi connectivity index (χ4n) is 2.01. The normalized spacial score (nSPS) is 11.2. The molecule has 22 heavy (non-hydrogen) atoms. The minimum absolute atomic E-state index is 0.0756. The van der Waals surface area contributed by atoms with Crippen LogP contribution in [-0.4, -0.2) is 20.6 Å². The average Bonchev–Trinajstić information content (AvgIpc) is 2.87. The Labute approximate surface area is 135 Å². The van der Waals surface area contributed by atoms with Crippen LogP contribution in [-0.2, 0) is 16.9 Å². The van der Waals surface area contributed by atoms with Crippen LogP contribution < -0.4 is 5.32 Å². The van der Waals surface area contributed by atoms with Gasteiger partial charge in [0.2, 0.25) is 5.91 Å². The van der Waals surface area contributed by atoms with Crippen LogP contribution in [0.4, 0.5) is 5.69 Å². The molecule has 1 aromatic heterocycles. The number of hydrogen-bond donors (Lipinski definition) is 1. The minimum Gasteiger partial charge on any atom is -0.346 e. The van der Waals surface area contributed by atoms with Crippen molar-refractivity contribution in [1.82, 2.24) is 15.1 Å². The van der Waals surface area contributed by atoms with Gasteiger partial charge in [0.25, 0.3) is 0 Å². The first-order valence-electron chi connectivity index (χ1n) is 6.52. The van der Waals surface area contributed by atoms with E-state index >= 15 is 0 Å². The average molecular weight is 367 g/mol. The van der Waals surface area contributed by atoms with E-state index < -0.39 is 10.5 Å².